The summed E-state index contributed by atoms with van der Waals surface area (Å²) in [6, 6.07) is 5.69. The summed E-state index contributed by atoms with van der Waals surface area (Å²) < 4.78 is 31.8. The lowest BCUT2D eigenvalue weighted by atomic mass is 10.1. The van der Waals surface area contributed by atoms with Crippen LogP contribution in [0.1, 0.15) is 30.3 Å². The monoisotopic (exact) mass is 420 g/mol. The average Bonchev–Trinajstić information content (AvgIpc) is 3.39. The molecule has 1 aromatic carbocycles. The molecule has 0 spiro atoms. The second-order valence-electron chi connectivity index (χ2n) is 6.13. The molecule has 0 aliphatic rings. The molecule has 1 atom stereocenters. The number of amides is 2. The average molecular weight is 420 g/mol. The van der Waals surface area contributed by atoms with Crippen molar-refractivity contribution in [3.63, 3.8) is 0 Å². The Morgan fingerprint density at radius 2 is 2.07 bits per heavy atom. The number of halogens is 2. The van der Waals surface area contributed by atoms with Crippen LogP contribution in [0.25, 0.3) is 10.7 Å². The number of likely N-dealkylation sites (N-methyl/N-ethyl adjacent to an activating group) is 1. The fourth-order valence-electron chi connectivity index (χ4n) is 2.63. The van der Waals surface area contributed by atoms with Crippen molar-refractivity contribution in [2.75, 3.05) is 7.05 Å². The number of benzene rings is 1. The van der Waals surface area contributed by atoms with Crippen LogP contribution >= 0.6 is 11.3 Å². The first kappa shape index (κ1) is 20.6. The number of thiophene rings is 1. The molecule has 0 aliphatic heterocycles. The van der Waals surface area contributed by atoms with Crippen molar-refractivity contribution in [2.45, 2.75) is 25.3 Å². The molecule has 2 heterocycles. The van der Waals surface area contributed by atoms with E-state index in [0.29, 0.717) is 24.6 Å². The zero-order chi connectivity index (χ0) is 20.8. The molecule has 2 N–H and O–H groups in total. The Hall–Kier alpha value is -3.14. The fraction of sp³-hybridized carbons (Fsp3) is 0.263. The van der Waals surface area contributed by atoms with Gasteiger partial charge in [-0.15, -0.1) is 11.3 Å². The molecule has 152 valence electrons. The Morgan fingerprint density at radius 3 is 2.76 bits per heavy atom. The van der Waals surface area contributed by atoms with E-state index >= 15 is 0 Å². The lowest BCUT2D eigenvalue weighted by Crippen LogP contribution is -2.39. The predicted molar refractivity (Wildman–Crippen MR) is 102 cm³/mol. The Labute approximate surface area is 169 Å². The summed E-state index contributed by atoms with van der Waals surface area (Å²) in [5.74, 6) is -2.17. The maximum atomic E-state index is 13.5. The van der Waals surface area contributed by atoms with E-state index in [4.69, 9.17) is 4.52 Å². The molecule has 0 saturated carbocycles. The van der Waals surface area contributed by atoms with E-state index in [1.165, 1.54) is 24.5 Å². The van der Waals surface area contributed by atoms with Crippen LogP contribution in [0.5, 0.6) is 0 Å². The number of nitrogens with one attached hydrogen (secondary N) is 2. The van der Waals surface area contributed by atoms with Crippen molar-refractivity contribution < 1.29 is 22.9 Å². The molecule has 1 unspecified atom stereocenters. The Morgan fingerprint density at radius 1 is 1.24 bits per heavy atom. The first-order chi connectivity index (χ1) is 14.0. The predicted octanol–water partition coefficient (Wildman–Crippen LogP) is 3.00. The Balaban J connectivity index is 1.56. The smallest absolute Gasteiger partial charge is 0.246 e. The number of hydrogen-bond acceptors (Lipinski definition) is 6. The number of hydrogen-bond donors (Lipinski definition) is 2. The number of nitrogens with zero attached hydrogens (tertiary/aromatic N) is 2. The highest BCUT2D eigenvalue weighted by atomic mass is 32.1. The molecule has 29 heavy (non-hydrogen) atoms. The van der Waals surface area contributed by atoms with Gasteiger partial charge in [-0.05, 0) is 35.6 Å². The summed E-state index contributed by atoms with van der Waals surface area (Å²) in [6.45, 7) is 0. The molecule has 2 aromatic heterocycles. The van der Waals surface area contributed by atoms with Gasteiger partial charge in [0.25, 0.3) is 0 Å². The zero-order valence-electron chi connectivity index (χ0n) is 15.4. The van der Waals surface area contributed by atoms with Gasteiger partial charge in [-0.2, -0.15) is 4.98 Å². The van der Waals surface area contributed by atoms with Gasteiger partial charge in [0.2, 0.25) is 23.5 Å². The van der Waals surface area contributed by atoms with Gasteiger partial charge in [-0.3, -0.25) is 9.59 Å². The molecule has 0 aliphatic carbocycles. The van der Waals surface area contributed by atoms with Crippen LogP contribution in [0.4, 0.5) is 8.78 Å². The van der Waals surface area contributed by atoms with Crippen LogP contribution in [-0.2, 0) is 16.0 Å². The van der Waals surface area contributed by atoms with Crippen LogP contribution in [0, 0.1) is 11.6 Å². The first-order valence-electron chi connectivity index (χ1n) is 8.80. The number of carbonyl (C=O) groups is 2. The van der Waals surface area contributed by atoms with Crippen molar-refractivity contribution >= 4 is 23.2 Å². The minimum Gasteiger partial charge on any atom is -0.357 e. The molecule has 0 fully saturated rings. The zero-order valence-corrected chi connectivity index (χ0v) is 16.3. The summed E-state index contributed by atoms with van der Waals surface area (Å²) in [4.78, 5) is 29.5. The van der Waals surface area contributed by atoms with Crippen molar-refractivity contribution in [3.05, 3.63) is 58.8 Å². The Kier molecular flexibility index (Phi) is 6.65. The van der Waals surface area contributed by atoms with Crippen LogP contribution in [0.3, 0.4) is 0 Å². The quantitative estimate of drug-likeness (QED) is 0.584. The number of aryl methyl sites for hydroxylation is 1. The SMILES string of the molecule is CNC(=O)C(NC(=O)CCCc1nc(-c2cccs2)no1)c1ccc(F)c(F)c1. The van der Waals surface area contributed by atoms with E-state index in [-0.39, 0.29) is 12.0 Å². The summed E-state index contributed by atoms with van der Waals surface area (Å²) in [6.07, 6.45) is 0.894. The number of carbonyl (C=O) groups excluding carboxylic acids is 2. The second-order valence-corrected chi connectivity index (χ2v) is 7.08. The highest BCUT2D eigenvalue weighted by Gasteiger charge is 2.23. The molecule has 7 nitrogen and oxygen atoms in total. The van der Waals surface area contributed by atoms with E-state index in [9.17, 15) is 18.4 Å². The fourth-order valence-corrected chi connectivity index (χ4v) is 3.28. The first-order valence-corrected chi connectivity index (χ1v) is 9.68. The van der Waals surface area contributed by atoms with Gasteiger partial charge in [-0.25, -0.2) is 8.78 Å². The van der Waals surface area contributed by atoms with E-state index < -0.39 is 29.5 Å². The minimum atomic E-state index is -1.13. The lowest BCUT2D eigenvalue weighted by molar-refractivity contribution is -0.129. The lowest BCUT2D eigenvalue weighted by Gasteiger charge is -2.18. The minimum absolute atomic E-state index is 0.0912. The van der Waals surface area contributed by atoms with Crippen LogP contribution in [0.15, 0.2) is 40.2 Å². The van der Waals surface area contributed by atoms with Crippen molar-refractivity contribution in [1.29, 1.82) is 0 Å². The number of aromatic nitrogens is 2. The van der Waals surface area contributed by atoms with Gasteiger partial charge in [0.15, 0.2) is 11.6 Å². The van der Waals surface area contributed by atoms with Gasteiger partial charge in [0, 0.05) is 19.9 Å². The number of rotatable bonds is 8. The van der Waals surface area contributed by atoms with E-state index in [1.54, 1.807) is 0 Å². The van der Waals surface area contributed by atoms with Gasteiger partial charge >= 0.3 is 0 Å². The molecule has 2 amide bonds. The molecule has 0 saturated heterocycles. The standard InChI is InChI=1S/C19H18F2N4O3S/c1-22-19(27)17(11-7-8-12(20)13(21)10-11)23-15(26)5-2-6-16-24-18(25-28-16)14-4-3-9-29-14/h3-4,7-10,17H,2,5-6H2,1H3,(H,22,27)(H,23,26). The third kappa shape index (κ3) is 5.23. The maximum absolute atomic E-state index is 13.5. The highest BCUT2D eigenvalue weighted by molar-refractivity contribution is 7.13. The van der Waals surface area contributed by atoms with E-state index in [2.05, 4.69) is 20.8 Å². The third-order valence-electron chi connectivity index (χ3n) is 4.10. The maximum Gasteiger partial charge on any atom is 0.246 e. The molecular weight excluding hydrogens is 402 g/mol. The van der Waals surface area contributed by atoms with E-state index in [0.717, 1.165) is 17.0 Å². The molecule has 10 heteroatoms. The third-order valence-corrected chi connectivity index (χ3v) is 4.96. The summed E-state index contributed by atoms with van der Waals surface area (Å²) in [5, 5.41) is 10.7. The summed E-state index contributed by atoms with van der Waals surface area (Å²) in [5.41, 5.74) is 0.147. The molecule has 0 bridgehead atoms. The van der Waals surface area contributed by atoms with Gasteiger partial charge in [-0.1, -0.05) is 17.3 Å². The normalized spacial score (nSPS) is 11.8. The largest absolute Gasteiger partial charge is 0.357 e. The summed E-state index contributed by atoms with van der Waals surface area (Å²) in [7, 11) is 1.39. The molecule has 0 radical (unpaired) electrons. The summed E-state index contributed by atoms with van der Waals surface area (Å²) >= 11 is 1.49. The van der Waals surface area contributed by atoms with E-state index in [1.807, 2.05) is 17.5 Å². The highest BCUT2D eigenvalue weighted by Crippen LogP contribution is 2.22. The van der Waals surface area contributed by atoms with Gasteiger partial charge in [0.05, 0.1) is 4.88 Å². The Bertz CT molecular complexity index is 991. The molecule has 3 aromatic rings. The van der Waals surface area contributed by atoms with Crippen LogP contribution in [-0.4, -0.2) is 29.0 Å². The van der Waals surface area contributed by atoms with Crippen LogP contribution < -0.4 is 10.6 Å². The molecule has 3 rings (SSSR count). The molecular formula is C19H18F2N4O3S. The topological polar surface area (TPSA) is 97.1 Å². The van der Waals surface area contributed by atoms with Gasteiger partial charge < -0.3 is 15.2 Å². The van der Waals surface area contributed by atoms with Crippen molar-refractivity contribution in [2.24, 2.45) is 0 Å². The van der Waals surface area contributed by atoms with Crippen molar-refractivity contribution in [1.82, 2.24) is 20.8 Å². The second kappa shape index (κ2) is 9.37. The van der Waals surface area contributed by atoms with Crippen molar-refractivity contribution in [3.8, 4) is 10.7 Å². The van der Waals surface area contributed by atoms with Gasteiger partial charge in [0.1, 0.15) is 6.04 Å². The van der Waals surface area contributed by atoms with Crippen LogP contribution in [0.2, 0.25) is 0 Å².